The minimum Gasteiger partial charge on any atom is -2.00 e. The summed E-state index contributed by atoms with van der Waals surface area (Å²) < 4.78 is 0. The molecule has 0 atom stereocenters. The number of rotatable bonds is 0. The van der Waals surface area contributed by atoms with Gasteiger partial charge in [-0.2, -0.15) is 0 Å². The van der Waals surface area contributed by atoms with Crippen LogP contribution in [0.5, 0.6) is 0 Å². The molecular formula is OSYZn+. The van der Waals surface area contributed by atoms with Crippen LogP contribution in [0.25, 0.3) is 0 Å². The second-order valence-electron chi connectivity index (χ2n) is 0. The molecule has 0 aromatic carbocycles. The molecule has 16 valence electrons. The quantitative estimate of drug-likeness (QED) is 0.490. The van der Waals surface area contributed by atoms with E-state index in [-0.39, 0.29) is 71.2 Å². The van der Waals surface area contributed by atoms with E-state index in [4.69, 9.17) is 0 Å². The van der Waals surface area contributed by atoms with Crippen LogP contribution in [0, 0.1) is 0 Å². The van der Waals surface area contributed by atoms with Crippen molar-refractivity contribution in [2.24, 2.45) is 0 Å². The van der Waals surface area contributed by atoms with E-state index in [1.54, 1.807) is 0 Å². The molecule has 0 N–H and O–H groups in total. The second-order valence-corrected chi connectivity index (χ2v) is 0. The molecule has 0 aliphatic carbocycles. The third kappa shape index (κ3) is 8.97. The molecule has 0 spiro atoms. The minimum atomic E-state index is 0. The molecule has 0 saturated heterocycles. The Hall–Kier alpha value is 2.04. The number of hydrogen-bond acceptors (Lipinski definition) is 0. The van der Waals surface area contributed by atoms with Crippen molar-refractivity contribution in [1.29, 1.82) is 0 Å². The van der Waals surface area contributed by atoms with Gasteiger partial charge >= 0.3 is 52.2 Å². The summed E-state index contributed by atoms with van der Waals surface area (Å²) in [5.41, 5.74) is 0. The van der Waals surface area contributed by atoms with Crippen molar-refractivity contribution in [3.05, 3.63) is 0 Å². The zero-order chi connectivity index (χ0) is 0. The predicted octanol–water partition coefficient (Wildman–Crippen LogP) is -0.126. The van der Waals surface area contributed by atoms with E-state index >= 15 is 0 Å². The molecule has 0 heterocycles. The van der Waals surface area contributed by atoms with E-state index in [9.17, 15) is 0 Å². The van der Waals surface area contributed by atoms with Crippen LogP contribution in [-0.4, -0.2) is 0 Å². The Morgan fingerprint density at radius 1 is 1.00 bits per heavy atom. The fraction of sp³-hybridized carbons (Fsp3) is 0. The molecule has 0 bridgehead atoms. The van der Waals surface area contributed by atoms with Gasteiger partial charge in [-0.3, -0.25) is 0 Å². The zero-order valence-corrected chi connectivity index (χ0v) is 8.72. The van der Waals surface area contributed by atoms with Gasteiger partial charge in [-0.05, 0) is 0 Å². The molecule has 0 saturated carbocycles. The van der Waals surface area contributed by atoms with E-state index in [2.05, 4.69) is 0 Å². The summed E-state index contributed by atoms with van der Waals surface area (Å²) in [5.74, 6) is 0. The fourth-order valence-electron chi connectivity index (χ4n) is 0. The van der Waals surface area contributed by atoms with Crippen molar-refractivity contribution in [1.82, 2.24) is 0 Å². The van der Waals surface area contributed by atoms with Crippen LogP contribution in [0.15, 0.2) is 0 Å². The first-order valence-corrected chi connectivity index (χ1v) is 0. The van der Waals surface area contributed by atoms with Gasteiger partial charge in [-0.1, -0.05) is 0 Å². The standard InChI is InChI=1S/O.S.Y.Zn/q2*-2;+3;+2. The Balaban J connectivity index is 0. The van der Waals surface area contributed by atoms with Gasteiger partial charge in [0.05, 0.1) is 0 Å². The molecule has 0 radical (unpaired) electrons. The Morgan fingerprint density at radius 3 is 1.00 bits per heavy atom. The Labute approximate surface area is 70.3 Å². The maximum absolute atomic E-state index is 0. The summed E-state index contributed by atoms with van der Waals surface area (Å²) in [6, 6.07) is 0. The van der Waals surface area contributed by atoms with Crippen LogP contribution >= 0.6 is 0 Å². The first-order chi connectivity index (χ1) is 0. The molecule has 0 amide bonds. The van der Waals surface area contributed by atoms with E-state index in [0.29, 0.717) is 0 Å². The normalized spacial score (nSPS) is 0. The SMILES string of the molecule is [O-2].[S-2].[Y+3].[Zn+2]. The molecule has 0 fully saturated rings. The zero-order valence-electron chi connectivity index (χ0n) is 2.10. The van der Waals surface area contributed by atoms with E-state index in [1.165, 1.54) is 0 Å². The monoisotopic (exact) mass is 201 g/mol. The van der Waals surface area contributed by atoms with Crippen molar-refractivity contribution >= 4 is 13.5 Å². The van der Waals surface area contributed by atoms with Gasteiger partial charge in [-0.15, -0.1) is 0 Å². The molecule has 4 heavy (non-hydrogen) atoms. The topological polar surface area (TPSA) is 28.5 Å². The summed E-state index contributed by atoms with van der Waals surface area (Å²) in [6.07, 6.45) is 0. The van der Waals surface area contributed by atoms with Gasteiger partial charge in [0.1, 0.15) is 0 Å². The molecule has 0 aromatic rings. The second kappa shape index (κ2) is 19.8. The number of hydrogen-bond donors (Lipinski definition) is 0. The third-order valence-corrected chi connectivity index (χ3v) is 0. The summed E-state index contributed by atoms with van der Waals surface area (Å²) in [7, 11) is 0. The van der Waals surface area contributed by atoms with Gasteiger partial charge in [0.2, 0.25) is 0 Å². The summed E-state index contributed by atoms with van der Waals surface area (Å²) in [4.78, 5) is 0. The van der Waals surface area contributed by atoms with Gasteiger partial charge in [0, 0.05) is 0 Å². The predicted molar refractivity (Wildman–Crippen MR) is 8.05 cm³/mol. The average molecular weight is 202 g/mol. The van der Waals surface area contributed by atoms with Crippen LogP contribution in [0.2, 0.25) is 0 Å². The van der Waals surface area contributed by atoms with Gasteiger partial charge < -0.3 is 19.0 Å². The maximum atomic E-state index is 0. The average Bonchev–Trinajstić information content (AvgIpc) is 0. The van der Waals surface area contributed by atoms with Gasteiger partial charge in [-0.25, -0.2) is 0 Å². The molecule has 0 aromatic heterocycles. The van der Waals surface area contributed by atoms with Crippen LogP contribution in [0.4, 0.5) is 0 Å². The smallest absolute Gasteiger partial charge is 2.00 e. The summed E-state index contributed by atoms with van der Waals surface area (Å²) >= 11 is 0. The summed E-state index contributed by atoms with van der Waals surface area (Å²) in [6.45, 7) is 0. The Kier molecular flexibility index (Phi) is 183. The minimum absolute atomic E-state index is 0. The largest absolute Gasteiger partial charge is 3.00 e. The Morgan fingerprint density at radius 2 is 1.00 bits per heavy atom. The molecular weight excluding hydrogens is 202 g/mol. The van der Waals surface area contributed by atoms with Crippen LogP contribution in [-0.2, 0) is 71.2 Å². The van der Waals surface area contributed by atoms with E-state index in [1.807, 2.05) is 0 Å². The molecule has 0 aliphatic heterocycles. The molecule has 0 unspecified atom stereocenters. The van der Waals surface area contributed by atoms with E-state index in [0.717, 1.165) is 0 Å². The van der Waals surface area contributed by atoms with Crippen LogP contribution in [0.1, 0.15) is 0 Å². The van der Waals surface area contributed by atoms with Crippen molar-refractivity contribution in [2.45, 2.75) is 0 Å². The van der Waals surface area contributed by atoms with Crippen molar-refractivity contribution < 1.29 is 57.7 Å². The van der Waals surface area contributed by atoms with Gasteiger partial charge in [0.25, 0.3) is 0 Å². The molecule has 1 nitrogen and oxygen atoms in total. The van der Waals surface area contributed by atoms with Crippen molar-refractivity contribution in [2.75, 3.05) is 0 Å². The third-order valence-electron chi connectivity index (χ3n) is 0. The van der Waals surface area contributed by atoms with Crippen molar-refractivity contribution in [3.8, 4) is 0 Å². The summed E-state index contributed by atoms with van der Waals surface area (Å²) in [5, 5.41) is 0. The van der Waals surface area contributed by atoms with Gasteiger partial charge in [0.15, 0.2) is 0 Å². The van der Waals surface area contributed by atoms with Crippen LogP contribution in [0.3, 0.4) is 0 Å². The fourth-order valence-corrected chi connectivity index (χ4v) is 0. The van der Waals surface area contributed by atoms with Crippen molar-refractivity contribution in [3.63, 3.8) is 0 Å². The van der Waals surface area contributed by atoms with Crippen LogP contribution < -0.4 is 0 Å². The first kappa shape index (κ1) is 36.9. The molecule has 0 aliphatic rings. The van der Waals surface area contributed by atoms with E-state index < -0.39 is 0 Å². The molecule has 4 heteroatoms. The first-order valence-electron chi connectivity index (χ1n) is 0. The molecule has 0 rings (SSSR count). The maximum Gasteiger partial charge on any atom is 3.00 e. The Bertz CT molecular complexity index is 8.00.